The number of methoxy groups -OCH3 is 2. The van der Waals surface area contributed by atoms with E-state index in [-0.39, 0.29) is 6.04 Å². The fourth-order valence-electron chi connectivity index (χ4n) is 2.47. The minimum Gasteiger partial charge on any atom is -0.493 e. The molecule has 2 rings (SSSR count). The van der Waals surface area contributed by atoms with Gasteiger partial charge in [0.05, 0.1) is 14.2 Å². The van der Waals surface area contributed by atoms with Crippen molar-refractivity contribution in [2.24, 2.45) is 0 Å². The summed E-state index contributed by atoms with van der Waals surface area (Å²) in [6, 6.07) is 1.11. The van der Waals surface area contributed by atoms with E-state index in [9.17, 15) is 9.90 Å². The smallest absolute Gasteiger partial charge is 0.325 e. The maximum Gasteiger partial charge on any atom is 0.325 e. The first-order valence-corrected chi connectivity index (χ1v) is 6.71. The molecule has 19 heavy (non-hydrogen) atoms. The minimum absolute atomic E-state index is 0.0861. The molecule has 5 nitrogen and oxygen atoms in total. The molecule has 0 aromatic heterocycles. The lowest BCUT2D eigenvalue weighted by atomic mass is 9.89. The molecule has 2 unspecified atom stereocenters. The van der Waals surface area contributed by atoms with E-state index < -0.39 is 12.0 Å². The van der Waals surface area contributed by atoms with Crippen molar-refractivity contribution in [3.8, 4) is 11.5 Å². The Balaban J connectivity index is 2.70. The number of aliphatic carboxylic acids is 1. The van der Waals surface area contributed by atoms with E-state index in [0.717, 1.165) is 16.5 Å². The van der Waals surface area contributed by atoms with Crippen LogP contribution in [0.2, 0.25) is 0 Å². The SMILES string of the molecule is COc1cc(Br)c2c(c1OC)C(C(=O)O)NC(C)C2. The number of nitrogens with one attached hydrogen (secondary N) is 1. The number of benzene rings is 1. The molecule has 1 heterocycles. The van der Waals surface area contributed by atoms with Gasteiger partial charge < -0.3 is 14.6 Å². The number of hydrogen-bond acceptors (Lipinski definition) is 4. The van der Waals surface area contributed by atoms with Crippen molar-refractivity contribution in [3.63, 3.8) is 0 Å². The van der Waals surface area contributed by atoms with Gasteiger partial charge in [0.25, 0.3) is 0 Å². The zero-order valence-electron chi connectivity index (χ0n) is 11.0. The summed E-state index contributed by atoms with van der Waals surface area (Å²) in [6.07, 6.45) is 0.736. The summed E-state index contributed by atoms with van der Waals surface area (Å²) < 4.78 is 11.5. The van der Waals surface area contributed by atoms with E-state index in [1.165, 1.54) is 14.2 Å². The number of halogens is 1. The molecular formula is C13H16BrNO4. The first-order valence-electron chi connectivity index (χ1n) is 5.91. The normalized spacial score (nSPS) is 21.7. The van der Waals surface area contributed by atoms with Crippen molar-refractivity contribution >= 4 is 21.9 Å². The third kappa shape index (κ3) is 2.42. The molecule has 0 radical (unpaired) electrons. The molecule has 1 aromatic rings. The van der Waals surface area contributed by atoms with Gasteiger partial charge >= 0.3 is 5.97 Å². The van der Waals surface area contributed by atoms with Crippen LogP contribution in [0.4, 0.5) is 0 Å². The molecule has 0 spiro atoms. The topological polar surface area (TPSA) is 67.8 Å². The Labute approximate surface area is 120 Å². The van der Waals surface area contributed by atoms with Crippen LogP contribution in [-0.4, -0.2) is 31.3 Å². The second-order valence-electron chi connectivity index (χ2n) is 4.53. The molecule has 0 fully saturated rings. The van der Waals surface area contributed by atoms with Crippen molar-refractivity contribution < 1.29 is 19.4 Å². The number of carboxylic acid groups (broad SMARTS) is 1. The summed E-state index contributed by atoms with van der Waals surface area (Å²) in [5, 5.41) is 12.5. The Morgan fingerprint density at radius 1 is 1.47 bits per heavy atom. The second kappa shape index (κ2) is 5.38. The van der Waals surface area contributed by atoms with E-state index in [4.69, 9.17) is 9.47 Å². The van der Waals surface area contributed by atoms with Gasteiger partial charge in [-0.15, -0.1) is 0 Å². The molecule has 0 aliphatic carbocycles. The molecule has 2 atom stereocenters. The third-order valence-electron chi connectivity index (χ3n) is 3.26. The fraction of sp³-hybridized carbons (Fsp3) is 0.462. The maximum absolute atomic E-state index is 11.5. The summed E-state index contributed by atoms with van der Waals surface area (Å²) in [5.74, 6) is 0.0782. The highest BCUT2D eigenvalue weighted by molar-refractivity contribution is 9.10. The fourth-order valence-corrected chi connectivity index (χ4v) is 3.05. The number of fused-ring (bicyclic) bond motifs is 1. The zero-order valence-corrected chi connectivity index (χ0v) is 12.6. The average molecular weight is 330 g/mol. The number of carbonyl (C=O) groups is 1. The van der Waals surface area contributed by atoms with Crippen LogP contribution in [0.15, 0.2) is 10.5 Å². The zero-order chi connectivity index (χ0) is 14.2. The van der Waals surface area contributed by atoms with Crippen LogP contribution in [0.1, 0.15) is 24.1 Å². The molecule has 0 bridgehead atoms. The molecule has 0 saturated heterocycles. The summed E-state index contributed by atoms with van der Waals surface area (Å²) in [6.45, 7) is 1.96. The average Bonchev–Trinajstić information content (AvgIpc) is 2.38. The van der Waals surface area contributed by atoms with E-state index >= 15 is 0 Å². The Hall–Kier alpha value is -1.27. The number of rotatable bonds is 3. The molecular weight excluding hydrogens is 314 g/mol. The first kappa shape index (κ1) is 14.1. The van der Waals surface area contributed by atoms with Crippen molar-refractivity contribution in [2.45, 2.75) is 25.4 Å². The van der Waals surface area contributed by atoms with Crippen LogP contribution < -0.4 is 14.8 Å². The van der Waals surface area contributed by atoms with Crippen LogP contribution in [0.5, 0.6) is 11.5 Å². The molecule has 0 saturated carbocycles. The van der Waals surface area contributed by atoms with E-state index in [0.29, 0.717) is 17.1 Å². The third-order valence-corrected chi connectivity index (χ3v) is 3.97. The van der Waals surface area contributed by atoms with Gasteiger partial charge in [0.2, 0.25) is 0 Å². The number of ether oxygens (including phenoxy) is 2. The van der Waals surface area contributed by atoms with E-state index in [1.807, 2.05) is 13.0 Å². The van der Waals surface area contributed by atoms with E-state index in [2.05, 4.69) is 21.2 Å². The largest absolute Gasteiger partial charge is 0.493 e. The quantitative estimate of drug-likeness (QED) is 0.889. The monoisotopic (exact) mass is 329 g/mol. The van der Waals surface area contributed by atoms with Gasteiger partial charge in [-0.1, -0.05) is 15.9 Å². The minimum atomic E-state index is -0.925. The van der Waals surface area contributed by atoms with Crippen molar-refractivity contribution in [1.29, 1.82) is 0 Å². The standard InChI is InChI=1S/C13H16BrNO4/c1-6-4-7-8(14)5-9(18-2)12(19-3)10(7)11(15-6)13(16)17/h5-6,11,15H,4H2,1-3H3,(H,16,17). The summed E-state index contributed by atoms with van der Waals surface area (Å²) in [7, 11) is 3.05. The first-order chi connectivity index (χ1) is 8.99. The van der Waals surface area contributed by atoms with Gasteiger partial charge in [0, 0.05) is 16.1 Å². The van der Waals surface area contributed by atoms with Crippen LogP contribution in [0.25, 0.3) is 0 Å². The molecule has 1 aromatic carbocycles. The molecule has 1 aliphatic heterocycles. The van der Waals surface area contributed by atoms with Crippen LogP contribution in [0.3, 0.4) is 0 Å². The Morgan fingerprint density at radius 2 is 2.16 bits per heavy atom. The lowest BCUT2D eigenvalue weighted by molar-refractivity contribution is -0.140. The van der Waals surface area contributed by atoms with Gasteiger partial charge in [-0.25, -0.2) is 0 Å². The predicted molar refractivity (Wildman–Crippen MR) is 73.9 cm³/mol. The predicted octanol–water partition coefficient (Wildman–Crippen LogP) is 2.13. The van der Waals surface area contributed by atoms with E-state index in [1.54, 1.807) is 0 Å². The lowest BCUT2D eigenvalue weighted by Gasteiger charge is -2.31. The van der Waals surface area contributed by atoms with Gasteiger partial charge in [-0.3, -0.25) is 10.1 Å². The Kier molecular flexibility index (Phi) is 4.01. The summed E-state index contributed by atoms with van der Waals surface area (Å²) in [5.41, 5.74) is 1.59. The summed E-state index contributed by atoms with van der Waals surface area (Å²) >= 11 is 3.48. The van der Waals surface area contributed by atoms with Gasteiger partial charge in [-0.2, -0.15) is 0 Å². The molecule has 1 aliphatic rings. The lowest BCUT2D eigenvalue weighted by Crippen LogP contribution is -2.41. The maximum atomic E-state index is 11.5. The molecule has 104 valence electrons. The van der Waals surface area contributed by atoms with Gasteiger partial charge in [0.15, 0.2) is 11.5 Å². The summed E-state index contributed by atoms with van der Waals surface area (Å²) in [4.78, 5) is 11.5. The Morgan fingerprint density at radius 3 is 2.68 bits per heavy atom. The Bertz CT molecular complexity index is 518. The van der Waals surface area contributed by atoms with Crippen molar-refractivity contribution in [3.05, 3.63) is 21.7 Å². The van der Waals surface area contributed by atoms with Crippen LogP contribution in [-0.2, 0) is 11.2 Å². The van der Waals surface area contributed by atoms with Gasteiger partial charge in [0.1, 0.15) is 6.04 Å². The van der Waals surface area contributed by atoms with Crippen LogP contribution >= 0.6 is 15.9 Å². The molecule has 2 N–H and O–H groups in total. The van der Waals surface area contributed by atoms with Crippen LogP contribution in [0, 0.1) is 0 Å². The molecule has 6 heteroatoms. The molecule has 0 amide bonds. The highest BCUT2D eigenvalue weighted by Gasteiger charge is 2.35. The second-order valence-corrected chi connectivity index (χ2v) is 5.38. The van der Waals surface area contributed by atoms with Gasteiger partial charge in [-0.05, 0) is 25.0 Å². The highest BCUT2D eigenvalue weighted by Crippen LogP contribution is 2.43. The highest BCUT2D eigenvalue weighted by atomic mass is 79.9. The number of hydrogen-bond donors (Lipinski definition) is 2. The van der Waals surface area contributed by atoms with Crippen molar-refractivity contribution in [2.75, 3.05) is 14.2 Å². The number of carboxylic acids is 1. The van der Waals surface area contributed by atoms with Crippen molar-refractivity contribution in [1.82, 2.24) is 5.32 Å².